The number of aliphatic hydroxyl groups is 3. The van der Waals surface area contributed by atoms with Crippen molar-refractivity contribution in [3.8, 4) is 0 Å². The molecule has 28 heavy (non-hydrogen) atoms. The van der Waals surface area contributed by atoms with Gasteiger partial charge in [0.25, 0.3) is 0 Å². The molecule has 4 aliphatic rings. The van der Waals surface area contributed by atoms with E-state index in [0.29, 0.717) is 19.3 Å². The molecule has 0 amide bonds. The molecule has 0 heterocycles. The Kier molecular flexibility index (Phi) is 4.35. The van der Waals surface area contributed by atoms with Crippen molar-refractivity contribution in [2.75, 3.05) is 6.61 Å². The lowest BCUT2D eigenvalue weighted by molar-refractivity contribution is -0.179. The molecule has 3 saturated carbocycles. The minimum Gasteiger partial charge on any atom is -0.391 e. The standard InChI is InChI=1S/C22H29ClO5/c1-12-8-16-15-5-4-13-9-14(25)6-7-19(13,2)21(15,23)17(26)10-20(16,3)22(12,28)18(27)11-24/h6-7,9,12,15-17,24,26,28H,4-5,8,10-11H2,1-3H3/t12?,15?,16?,17?,19?,20?,21-,22-/m0/s1. The first-order valence-electron chi connectivity index (χ1n) is 10.1. The summed E-state index contributed by atoms with van der Waals surface area (Å²) in [6.45, 7) is 4.97. The second kappa shape index (κ2) is 6.00. The molecular weight excluding hydrogens is 380 g/mol. The molecule has 6 unspecified atom stereocenters. The second-order valence-electron chi connectivity index (χ2n) is 9.75. The van der Waals surface area contributed by atoms with Gasteiger partial charge in [0.05, 0.1) is 11.0 Å². The SMILES string of the molecule is CC1CC2C3CCC4=CC(=O)C=CC4(C)[C@@]3(Cl)C(O)CC2(C)[C@@]1(O)C(=O)CO. The predicted molar refractivity (Wildman–Crippen MR) is 105 cm³/mol. The average Bonchev–Trinajstić information content (AvgIpc) is 2.84. The van der Waals surface area contributed by atoms with Crippen LogP contribution in [0.15, 0.2) is 23.8 Å². The van der Waals surface area contributed by atoms with Crippen LogP contribution in [0, 0.1) is 28.6 Å². The van der Waals surface area contributed by atoms with Crippen molar-refractivity contribution in [2.45, 2.75) is 63.0 Å². The topological polar surface area (TPSA) is 94.8 Å². The van der Waals surface area contributed by atoms with Crippen molar-refractivity contribution in [1.82, 2.24) is 0 Å². The number of hydrogen-bond acceptors (Lipinski definition) is 5. The van der Waals surface area contributed by atoms with E-state index < -0.39 is 39.8 Å². The van der Waals surface area contributed by atoms with Gasteiger partial charge in [0.15, 0.2) is 11.6 Å². The normalized spacial score (nSPS) is 52.5. The minimum absolute atomic E-state index is 0.0567. The van der Waals surface area contributed by atoms with Crippen LogP contribution in [0.2, 0.25) is 0 Å². The Balaban J connectivity index is 1.84. The Morgan fingerprint density at radius 3 is 2.64 bits per heavy atom. The zero-order chi connectivity index (χ0) is 20.7. The van der Waals surface area contributed by atoms with Gasteiger partial charge in [0, 0.05) is 10.8 Å². The summed E-state index contributed by atoms with van der Waals surface area (Å²) >= 11 is 7.30. The number of hydrogen-bond donors (Lipinski definition) is 3. The van der Waals surface area contributed by atoms with Gasteiger partial charge in [0.2, 0.25) is 0 Å². The highest BCUT2D eigenvalue weighted by atomic mass is 35.5. The van der Waals surface area contributed by atoms with E-state index in [4.69, 9.17) is 11.6 Å². The molecule has 154 valence electrons. The second-order valence-corrected chi connectivity index (χ2v) is 10.4. The molecular formula is C22H29ClO5. The molecule has 0 aromatic carbocycles. The number of fused-ring (bicyclic) bond motifs is 5. The van der Waals surface area contributed by atoms with E-state index in [0.717, 1.165) is 5.57 Å². The molecule has 0 bridgehead atoms. The van der Waals surface area contributed by atoms with Crippen LogP contribution in [0.5, 0.6) is 0 Å². The largest absolute Gasteiger partial charge is 0.391 e. The third-order valence-electron chi connectivity index (χ3n) is 8.79. The number of Topliss-reactive ketones (excluding diaryl/α,β-unsaturated/α-hetero) is 1. The number of carbonyl (C=O) groups is 2. The van der Waals surface area contributed by atoms with Gasteiger partial charge in [-0.15, -0.1) is 11.6 Å². The van der Waals surface area contributed by atoms with E-state index in [2.05, 4.69) is 0 Å². The number of ketones is 2. The molecule has 3 fully saturated rings. The number of halogens is 1. The Morgan fingerprint density at radius 2 is 2.00 bits per heavy atom. The highest BCUT2D eigenvalue weighted by Crippen LogP contribution is 2.71. The Hall–Kier alpha value is -1.01. The van der Waals surface area contributed by atoms with Crippen LogP contribution >= 0.6 is 11.6 Å². The third-order valence-corrected chi connectivity index (χ3v) is 9.72. The maximum absolute atomic E-state index is 12.6. The minimum atomic E-state index is -1.68. The van der Waals surface area contributed by atoms with Gasteiger partial charge in [-0.1, -0.05) is 32.4 Å². The maximum Gasteiger partial charge on any atom is 0.190 e. The fraction of sp³-hybridized carbons (Fsp3) is 0.727. The number of rotatable bonds is 2. The first-order chi connectivity index (χ1) is 13.0. The molecule has 6 heteroatoms. The van der Waals surface area contributed by atoms with Crippen molar-refractivity contribution in [3.63, 3.8) is 0 Å². The summed E-state index contributed by atoms with van der Waals surface area (Å²) in [5, 5.41) is 32.3. The molecule has 8 atom stereocenters. The number of alkyl halides is 1. The maximum atomic E-state index is 12.6. The van der Waals surface area contributed by atoms with Crippen LogP contribution in [0.1, 0.15) is 46.5 Å². The molecule has 3 N–H and O–H groups in total. The summed E-state index contributed by atoms with van der Waals surface area (Å²) in [7, 11) is 0. The Labute approximate surface area is 170 Å². The number of carbonyl (C=O) groups excluding carboxylic acids is 2. The zero-order valence-electron chi connectivity index (χ0n) is 16.6. The Morgan fingerprint density at radius 1 is 1.32 bits per heavy atom. The van der Waals surface area contributed by atoms with Gasteiger partial charge in [0.1, 0.15) is 12.2 Å². The van der Waals surface area contributed by atoms with Crippen molar-refractivity contribution in [1.29, 1.82) is 0 Å². The van der Waals surface area contributed by atoms with Crippen LogP contribution < -0.4 is 0 Å². The number of aliphatic hydroxyl groups excluding tert-OH is 2. The lowest BCUT2D eigenvalue weighted by atomic mass is 9.45. The lowest BCUT2D eigenvalue weighted by Crippen LogP contribution is -2.69. The lowest BCUT2D eigenvalue weighted by Gasteiger charge is -2.63. The van der Waals surface area contributed by atoms with Gasteiger partial charge in [-0.25, -0.2) is 0 Å². The van der Waals surface area contributed by atoms with E-state index in [1.54, 1.807) is 6.08 Å². The summed E-state index contributed by atoms with van der Waals surface area (Å²) in [6, 6.07) is 0. The van der Waals surface area contributed by atoms with Crippen molar-refractivity contribution >= 4 is 23.2 Å². The van der Waals surface area contributed by atoms with E-state index in [-0.39, 0.29) is 30.0 Å². The van der Waals surface area contributed by atoms with E-state index in [9.17, 15) is 24.9 Å². The first-order valence-corrected chi connectivity index (χ1v) is 10.5. The molecule has 0 aromatic rings. The van der Waals surface area contributed by atoms with Gasteiger partial charge < -0.3 is 15.3 Å². The fourth-order valence-electron chi connectivity index (χ4n) is 7.26. The van der Waals surface area contributed by atoms with Crippen LogP contribution in [-0.2, 0) is 9.59 Å². The van der Waals surface area contributed by atoms with E-state index >= 15 is 0 Å². The van der Waals surface area contributed by atoms with E-state index in [1.807, 2.05) is 26.8 Å². The molecule has 5 nitrogen and oxygen atoms in total. The Bertz CT molecular complexity index is 805. The van der Waals surface area contributed by atoms with Gasteiger partial charge in [-0.05, 0) is 55.6 Å². The average molecular weight is 409 g/mol. The zero-order valence-corrected chi connectivity index (χ0v) is 17.4. The highest BCUT2D eigenvalue weighted by Gasteiger charge is 2.74. The van der Waals surface area contributed by atoms with Gasteiger partial charge >= 0.3 is 0 Å². The molecule has 0 spiro atoms. The van der Waals surface area contributed by atoms with Gasteiger partial charge in [-0.2, -0.15) is 0 Å². The monoisotopic (exact) mass is 408 g/mol. The van der Waals surface area contributed by atoms with E-state index in [1.165, 1.54) is 6.08 Å². The quantitative estimate of drug-likeness (QED) is 0.608. The summed E-state index contributed by atoms with van der Waals surface area (Å²) in [4.78, 5) is 23.5. The molecule has 0 saturated heterocycles. The first kappa shape index (κ1) is 20.3. The van der Waals surface area contributed by atoms with Gasteiger partial charge in [-0.3, -0.25) is 9.59 Å². The van der Waals surface area contributed by atoms with Crippen molar-refractivity contribution in [2.24, 2.45) is 28.6 Å². The van der Waals surface area contributed by atoms with Crippen LogP contribution in [0.25, 0.3) is 0 Å². The molecule has 4 rings (SSSR count). The number of allylic oxidation sites excluding steroid dienone is 4. The molecule has 4 aliphatic carbocycles. The molecule has 0 aromatic heterocycles. The molecule has 0 radical (unpaired) electrons. The summed E-state index contributed by atoms with van der Waals surface area (Å²) in [5.41, 5.74) is -2.25. The highest BCUT2D eigenvalue weighted by molar-refractivity contribution is 6.26. The van der Waals surface area contributed by atoms with Crippen molar-refractivity contribution < 1.29 is 24.9 Å². The summed E-state index contributed by atoms with van der Waals surface area (Å²) in [5.74, 6) is -1.15. The predicted octanol–water partition coefficient (Wildman–Crippen LogP) is 2.17. The van der Waals surface area contributed by atoms with Crippen molar-refractivity contribution in [3.05, 3.63) is 23.8 Å². The summed E-state index contributed by atoms with van der Waals surface area (Å²) < 4.78 is 0. The summed E-state index contributed by atoms with van der Waals surface area (Å²) in [6.07, 6.45) is 6.22. The van der Waals surface area contributed by atoms with Crippen LogP contribution in [0.4, 0.5) is 0 Å². The molecule has 0 aliphatic heterocycles. The third kappa shape index (κ3) is 2.09. The fourth-order valence-corrected chi connectivity index (χ4v) is 7.78. The van der Waals surface area contributed by atoms with Crippen LogP contribution in [0.3, 0.4) is 0 Å². The smallest absolute Gasteiger partial charge is 0.190 e. The van der Waals surface area contributed by atoms with Crippen LogP contribution in [-0.4, -0.2) is 50.1 Å².